The highest BCUT2D eigenvalue weighted by molar-refractivity contribution is 9.10. The molecule has 0 aromatic heterocycles. The first kappa shape index (κ1) is 14.9. The van der Waals surface area contributed by atoms with Crippen LogP contribution in [0.4, 0.5) is 11.4 Å². The topological polar surface area (TPSA) is 41.1 Å². The van der Waals surface area contributed by atoms with Crippen LogP contribution in [-0.4, -0.2) is 12.5 Å². The van der Waals surface area contributed by atoms with Crippen LogP contribution < -0.4 is 10.6 Å². The smallest absolute Gasteiger partial charge is 0.255 e. The van der Waals surface area contributed by atoms with E-state index in [1.165, 1.54) is 0 Å². The molecule has 0 saturated carbocycles. The molecule has 0 radical (unpaired) electrons. The van der Waals surface area contributed by atoms with Gasteiger partial charge in [0.25, 0.3) is 5.91 Å². The van der Waals surface area contributed by atoms with Gasteiger partial charge in [0, 0.05) is 22.3 Å². The molecule has 104 valence electrons. The molecule has 0 unspecified atom stereocenters. The molecule has 0 spiro atoms. The quantitative estimate of drug-likeness (QED) is 0.830. The molecule has 0 saturated heterocycles. The molecule has 2 aromatic carbocycles. The van der Waals surface area contributed by atoms with Crippen molar-refractivity contribution in [2.24, 2.45) is 0 Å². The van der Waals surface area contributed by atoms with E-state index in [1.54, 1.807) is 24.3 Å². The Bertz CT molecular complexity index is 614. The zero-order valence-electron chi connectivity index (χ0n) is 10.9. The summed E-state index contributed by atoms with van der Waals surface area (Å²) in [6, 6.07) is 12.6. The van der Waals surface area contributed by atoms with Gasteiger partial charge >= 0.3 is 0 Å². The first-order valence-electron chi connectivity index (χ1n) is 6.20. The maximum Gasteiger partial charge on any atom is 0.255 e. The number of amides is 1. The molecule has 0 atom stereocenters. The fourth-order valence-electron chi connectivity index (χ4n) is 1.73. The van der Waals surface area contributed by atoms with Gasteiger partial charge in [0.05, 0.1) is 10.7 Å². The van der Waals surface area contributed by atoms with Crippen LogP contribution in [0.15, 0.2) is 46.9 Å². The van der Waals surface area contributed by atoms with E-state index in [9.17, 15) is 4.79 Å². The normalized spacial score (nSPS) is 10.2. The minimum absolute atomic E-state index is 0.183. The molecule has 0 aliphatic carbocycles. The standard InChI is InChI=1S/C15H14BrClN2O/c1-2-18-12-6-3-10(4-7-12)15(20)19-14-8-5-11(16)9-13(14)17/h3-9,18H,2H2,1H3,(H,19,20). The van der Waals surface area contributed by atoms with Gasteiger partial charge in [-0.15, -0.1) is 0 Å². The second kappa shape index (κ2) is 6.77. The van der Waals surface area contributed by atoms with Crippen LogP contribution in [0.5, 0.6) is 0 Å². The molecule has 2 N–H and O–H groups in total. The van der Waals surface area contributed by atoms with Crippen molar-refractivity contribution < 1.29 is 4.79 Å². The van der Waals surface area contributed by atoms with Crippen LogP contribution in [0.2, 0.25) is 5.02 Å². The van der Waals surface area contributed by atoms with Crippen molar-refractivity contribution in [2.45, 2.75) is 6.92 Å². The lowest BCUT2D eigenvalue weighted by molar-refractivity contribution is 0.102. The highest BCUT2D eigenvalue weighted by Gasteiger charge is 2.08. The Labute approximate surface area is 131 Å². The molecule has 2 aromatic rings. The fourth-order valence-corrected chi connectivity index (χ4v) is 2.45. The third kappa shape index (κ3) is 3.74. The Kier molecular flexibility index (Phi) is 5.04. The minimum atomic E-state index is -0.183. The number of hydrogen-bond acceptors (Lipinski definition) is 2. The zero-order valence-corrected chi connectivity index (χ0v) is 13.3. The van der Waals surface area contributed by atoms with Gasteiger partial charge in [-0.05, 0) is 49.4 Å². The first-order valence-corrected chi connectivity index (χ1v) is 7.37. The number of hydrogen-bond donors (Lipinski definition) is 2. The average Bonchev–Trinajstić information content (AvgIpc) is 2.43. The number of benzene rings is 2. The van der Waals surface area contributed by atoms with Gasteiger partial charge in [-0.1, -0.05) is 27.5 Å². The summed E-state index contributed by atoms with van der Waals surface area (Å²) in [5.41, 5.74) is 2.17. The molecule has 0 aliphatic heterocycles. The second-order valence-corrected chi connectivity index (χ2v) is 5.51. The van der Waals surface area contributed by atoms with Crippen LogP contribution in [0.1, 0.15) is 17.3 Å². The number of carbonyl (C=O) groups excluding carboxylic acids is 1. The number of anilines is 2. The van der Waals surface area contributed by atoms with Gasteiger partial charge in [0.2, 0.25) is 0 Å². The Hall–Kier alpha value is -1.52. The molecule has 20 heavy (non-hydrogen) atoms. The van der Waals surface area contributed by atoms with Gasteiger partial charge < -0.3 is 10.6 Å². The third-order valence-corrected chi connectivity index (χ3v) is 3.51. The minimum Gasteiger partial charge on any atom is -0.385 e. The number of carbonyl (C=O) groups is 1. The van der Waals surface area contributed by atoms with E-state index in [0.717, 1.165) is 16.7 Å². The summed E-state index contributed by atoms with van der Waals surface area (Å²) in [5, 5.41) is 6.47. The number of rotatable bonds is 4. The second-order valence-electron chi connectivity index (χ2n) is 4.19. The van der Waals surface area contributed by atoms with Gasteiger partial charge in [0.15, 0.2) is 0 Å². The van der Waals surface area contributed by atoms with Crippen molar-refractivity contribution in [1.29, 1.82) is 0 Å². The van der Waals surface area contributed by atoms with Crippen molar-refractivity contribution in [3.05, 3.63) is 57.5 Å². The van der Waals surface area contributed by atoms with Crippen LogP contribution in [0.3, 0.4) is 0 Å². The maximum atomic E-state index is 12.1. The van der Waals surface area contributed by atoms with Crippen LogP contribution in [0, 0.1) is 0 Å². The SMILES string of the molecule is CCNc1ccc(C(=O)Nc2ccc(Br)cc2Cl)cc1. The number of nitrogens with one attached hydrogen (secondary N) is 2. The molecular formula is C15H14BrClN2O. The third-order valence-electron chi connectivity index (χ3n) is 2.71. The summed E-state index contributed by atoms with van der Waals surface area (Å²) in [6.45, 7) is 2.87. The van der Waals surface area contributed by atoms with Crippen molar-refractivity contribution in [2.75, 3.05) is 17.2 Å². The molecule has 0 aliphatic rings. The van der Waals surface area contributed by atoms with E-state index in [2.05, 4.69) is 26.6 Å². The number of halogens is 2. The molecule has 0 bridgehead atoms. The van der Waals surface area contributed by atoms with Gasteiger partial charge in [-0.2, -0.15) is 0 Å². The predicted octanol–water partition coefficient (Wildman–Crippen LogP) is 4.79. The van der Waals surface area contributed by atoms with Crippen LogP contribution >= 0.6 is 27.5 Å². The predicted molar refractivity (Wildman–Crippen MR) is 87.7 cm³/mol. The lowest BCUT2D eigenvalue weighted by atomic mass is 10.2. The van der Waals surface area contributed by atoms with E-state index in [0.29, 0.717) is 16.3 Å². The van der Waals surface area contributed by atoms with Crippen molar-refractivity contribution >= 4 is 44.8 Å². The first-order chi connectivity index (χ1) is 9.60. The Morgan fingerprint density at radius 2 is 1.90 bits per heavy atom. The molecule has 0 heterocycles. The van der Waals surface area contributed by atoms with Gasteiger partial charge in [-0.3, -0.25) is 4.79 Å². The molecule has 2 rings (SSSR count). The lowest BCUT2D eigenvalue weighted by Crippen LogP contribution is -2.12. The fraction of sp³-hybridized carbons (Fsp3) is 0.133. The van der Waals surface area contributed by atoms with Crippen molar-refractivity contribution in [3.8, 4) is 0 Å². The Morgan fingerprint density at radius 3 is 2.50 bits per heavy atom. The monoisotopic (exact) mass is 352 g/mol. The molecular weight excluding hydrogens is 340 g/mol. The van der Waals surface area contributed by atoms with Gasteiger partial charge in [0.1, 0.15) is 0 Å². The summed E-state index contributed by atoms with van der Waals surface area (Å²) < 4.78 is 0.871. The van der Waals surface area contributed by atoms with E-state index in [4.69, 9.17) is 11.6 Å². The van der Waals surface area contributed by atoms with Crippen LogP contribution in [-0.2, 0) is 0 Å². The van der Waals surface area contributed by atoms with E-state index in [1.807, 2.05) is 25.1 Å². The Morgan fingerprint density at radius 1 is 1.20 bits per heavy atom. The Balaban J connectivity index is 2.11. The summed E-state index contributed by atoms with van der Waals surface area (Å²) in [5.74, 6) is -0.183. The van der Waals surface area contributed by atoms with E-state index >= 15 is 0 Å². The van der Waals surface area contributed by atoms with Crippen molar-refractivity contribution in [3.63, 3.8) is 0 Å². The molecule has 1 amide bonds. The molecule has 0 fully saturated rings. The average molecular weight is 354 g/mol. The highest BCUT2D eigenvalue weighted by Crippen LogP contribution is 2.26. The molecule has 3 nitrogen and oxygen atoms in total. The molecule has 5 heteroatoms. The maximum absolute atomic E-state index is 12.1. The summed E-state index contributed by atoms with van der Waals surface area (Å²) in [4.78, 5) is 12.1. The highest BCUT2D eigenvalue weighted by atomic mass is 79.9. The van der Waals surface area contributed by atoms with Crippen LogP contribution in [0.25, 0.3) is 0 Å². The lowest BCUT2D eigenvalue weighted by Gasteiger charge is -2.08. The van der Waals surface area contributed by atoms with Gasteiger partial charge in [-0.25, -0.2) is 0 Å². The van der Waals surface area contributed by atoms with Crippen molar-refractivity contribution in [1.82, 2.24) is 0 Å². The zero-order chi connectivity index (χ0) is 14.5. The summed E-state index contributed by atoms with van der Waals surface area (Å²) in [6.07, 6.45) is 0. The summed E-state index contributed by atoms with van der Waals surface area (Å²) >= 11 is 9.40. The largest absolute Gasteiger partial charge is 0.385 e. The summed E-state index contributed by atoms with van der Waals surface area (Å²) in [7, 11) is 0. The van der Waals surface area contributed by atoms with E-state index < -0.39 is 0 Å². The van der Waals surface area contributed by atoms with E-state index in [-0.39, 0.29) is 5.91 Å².